The fourth-order valence-electron chi connectivity index (χ4n) is 1.48. The lowest BCUT2D eigenvalue weighted by Gasteiger charge is -2.10. The van der Waals surface area contributed by atoms with Crippen LogP contribution in [0.5, 0.6) is 0 Å². The quantitative estimate of drug-likeness (QED) is 0.833. The lowest BCUT2D eigenvalue weighted by molar-refractivity contribution is 0.836. The molecule has 16 heavy (non-hydrogen) atoms. The summed E-state index contributed by atoms with van der Waals surface area (Å²) in [5.41, 5.74) is 8.69. The van der Waals surface area contributed by atoms with E-state index in [-0.39, 0.29) is 6.04 Å². The van der Waals surface area contributed by atoms with E-state index in [1.807, 2.05) is 11.8 Å². The largest absolute Gasteiger partial charge is 0.323 e. The van der Waals surface area contributed by atoms with Gasteiger partial charge in [0.05, 0.1) is 0 Å². The highest BCUT2D eigenvalue weighted by molar-refractivity contribution is 7.99. The molecule has 2 N–H and O–H groups in total. The molecule has 0 amide bonds. The van der Waals surface area contributed by atoms with E-state index >= 15 is 0 Å². The summed E-state index contributed by atoms with van der Waals surface area (Å²) in [6.45, 7) is 2.14. The SMILES string of the molecule is Cc1ccccc1SCC(N)c1ccsc1. The van der Waals surface area contributed by atoms with Crippen LogP contribution < -0.4 is 5.73 Å². The lowest BCUT2D eigenvalue weighted by atomic mass is 10.2. The van der Waals surface area contributed by atoms with Crippen LogP contribution in [-0.2, 0) is 0 Å². The summed E-state index contributed by atoms with van der Waals surface area (Å²) in [4.78, 5) is 1.33. The molecule has 0 aliphatic rings. The average molecular weight is 249 g/mol. The van der Waals surface area contributed by atoms with E-state index in [1.54, 1.807) is 11.3 Å². The molecule has 2 rings (SSSR count). The van der Waals surface area contributed by atoms with Crippen molar-refractivity contribution >= 4 is 23.1 Å². The first-order chi connectivity index (χ1) is 7.77. The maximum absolute atomic E-state index is 6.12. The molecule has 0 fully saturated rings. The molecule has 0 aliphatic carbocycles. The summed E-state index contributed by atoms with van der Waals surface area (Å²) < 4.78 is 0. The Kier molecular flexibility index (Phi) is 4.04. The molecule has 3 heteroatoms. The van der Waals surface area contributed by atoms with Gasteiger partial charge < -0.3 is 5.73 Å². The average Bonchev–Trinajstić information content (AvgIpc) is 2.81. The molecule has 0 radical (unpaired) electrons. The standard InChI is InChI=1S/C13H15NS2/c1-10-4-2-3-5-13(10)16-9-12(14)11-6-7-15-8-11/h2-8,12H,9,14H2,1H3. The van der Waals surface area contributed by atoms with Crippen LogP contribution in [0, 0.1) is 6.92 Å². The molecule has 84 valence electrons. The molecular formula is C13H15NS2. The molecule has 1 unspecified atom stereocenters. The van der Waals surface area contributed by atoms with E-state index in [0.717, 1.165) is 5.75 Å². The van der Waals surface area contributed by atoms with Crippen LogP contribution in [0.25, 0.3) is 0 Å². The summed E-state index contributed by atoms with van der Waals surface area (Å²) in [5.74, 6) is 0.932. The zero-order valence-electron chi connectivity index (χ0n) is 9.22. The van der Waals surface area contributed by atoms with Crippen LogP contribution in [0.1, 0.15) is 17.2 Å². The Morgan fingerprint density at radius 3 is 2.81 bits per heavy atom. The summed E-state index contributed by atoms with van der Waals surface area (Å²) in [5, 5.41) is 4.21. The third kappa shape index (κ3) is 2.88. The van der Waals surface area contributed by atoms with Crippen LogP contribution in [-0.4, -0.2) is 5.75 Å². The van der Waals surface area contributed by atoms with Gasteiger partial charge in [0.2, 0.25) is 0 Å². The fraction of sp³-hybridized carbons (Fsp3) is 0.231. The minimum absolute atomic E-state index is 0.135. The first-order valence-electron chi connectivity index (χ1n) is 5.23. The van der Waals surface area contributed by atoms with E-state index in [4.69, 9.17) is 5.73 Å². The number of hydrogen-bond acceptors (Lipinski definition) is 3. The molecule has 2 aromatic rings. The minimum Gasteiger partial charge on any atom is -0.323 e. The lowest BCUT2D eigenvalue weighted by Crippen LogP contribution is -2.11. The highest BCUT2D eigenvalue weighted by Gasteiger charge is 2.07. The van der Waals surface area contributed by atoms with Crippen molar-refractivity contribution in [2.45, 2.75) is 17.9 Å². The van der Waals surface area contributed by atoms with Gasteiger partial charge in [0, 0.05) is 16.7 Å². The molecule has 1 heterocycles. The monoisotopic (exact) mass is 249 g/mol. The molecule has 0 bridgehead atoms. The van der Waals surface area contributed by atoms with Crippen LogP contribution in [0.4, 0.5) is 0 Å². The van der Waals surface area contributed by atoms with Crippen molar-refractivity contribution in [3.63, 3.8) is 0 Å². The Bertz CT molecular complexity index is 437. The van der Waals surface area contributed by atoms with E-state index in [0.29, 0.717) is 0 Å². The topological polar surface area (TPSA) is 26.0 Å². The van der Waals surface area contributed by atoms with Gasteiger partial charge in [0.25, 0.3) is 0 Å². The van der Waals surface area contributed by atoms with Gasteiger partial charge in [-0.25, -0.2) is 0 Å². The van der Waals surface area contributed by atoms with Gasteiger partial charge in [-0.3, -0.25) is 0 Å². The summed E-state index contributed by atoms with van der Waals surface area (Å²) >= 11 is 3.54. The number of hydrogen-bond donors (Lipinski definition) is 1. The molecule has 0 spiro atoms. The number of nitrogens with two attached hydrogens (primary N) is 1. The molecule has 0 saturated heterocycles. The second kappa shape index (κ2) is 5.53. The number of aryl methyl sites for hydroxylation is 1. The van der Waals surface area contributed by atoms with Gasteiger partial charge in [0.1, 0.15) is 0 Å². The predicted octanol–water partition coefficient (Wildman–Crippen LogP) is 3.85. The van der Waals surface area contributed by atoms with Gasteiger partial charge >= 0.3 is 0 Å². The van der Waals surface area contributed by atoms with Crippen molar-refractivity contribution in [1.82, 2.24) is 0 Å². The minimum atomic E-state index is 0.135. The third-order valence-corrected chi connectivity index (χ3v) is 4.48. The van der Waals surface area contributed by atoms with Gasteiger partial charge in [-0.15, -0.1) is 11.8 Å². The Hall–Kier alpha value is -0.770. The number of thioether (sulfide) groups is 1. The van der Waals surface area contributed by atoms with Crippen LogP contribution in [0.15, 0.2) is 46.0 Å². The predicted molar refractivity (Wildman–Crippen MR) is 73.2 cm³/mol. The second-order valence-electron chi connectivity index (χ2n) is 3.74. The Balaban J connectivity index is 1.95. The molecular weight excluding hydrogens is 234 g/mol. The summed E-state index contributed by atoms with van der Waals surface area (Å²) in [7, 11) is 0. The molecule has 1 aromatic heterocycles. The van der Waals surface area contributed by atoms with E-state index in [1.165, 1.54) is 16.0 Å². The molecule has 0 aliphatic heterocycles. The van der Waals surface area contributed by atoms with Crippen LogP contribution >= 0.6 is 23.1 Å². The van der Waals surface area contributed by atoms with Crippen molar-refractivity contribution in [1.29, 1.82) is 0 Å². The summed E-state index contributed by atoms with van der Waals surface area (Å²) in [6.07, 6.45) is 0. The Morgan fingerprint density at radius 1 is 1.31 bits per heavy atom. The molecule has 1 nitrogen and oxygen atoms in total. The van der Waals surface area contributed by atoms with Gasteiger partial charge in [-0.1, -0.05) is 18.2 Å². The first kappa shape index (κ1) is 11.7. The van der Waals surface area contributed by atoms with Crippen LogP contribution in [0.2, 0.25) is 0 Å². The van der Waals surface area contributed by atoms with Crippen molar-refractivity contribution in [3.8, 4) is 0 Å². The van der Waals surface area contributed by atoms with Crippen molar-refractivity contribution in [3.05, 3.63) is 52.2 Å². The smallest absolute Gasteiger partial charge is 0.0398 e. The highest BCUT2D eigenvalue weighted by Crippen LogP contribution is 2.26. The van der Waals surface area contributed by atoms with Crippen molar-refractivity contribution < 1.29 is 0 Å². The zero-order chi connectivity index (χ0) is 11.4. The normalized spacial score (nSPS) is 12.6. The van der Waals surface area contributed by atoms with Crippen molar-refractivity contribution in [2.24, 2.45) is 5.73 Å². The first-order valence-corrected chi connectivity index (χ1v) is 7.16. The van der Waals surface area contributed by atoms with E-state index < -0.39 is 0 Å². The number of thiophene rings is 1. The number of benzene rings is 1. The second-order valence-corrected chi connectivity index (χ2v) is 5.58. The zero-order valence-corrected chi connectivity index (χ0v) is 10.9. The number of rotatable bonds is 4. The molecule has 0 saturated carbocycles. The maximum Gasteiger partial charge on any atom is 0.0398 e. The third-order valence-electron chi connectivity index (χ3n) is 2.48. The van der Waals surface area contributed by atoms with Crippen LogP contribution in [0.3, 0.4) is 0 Å². The Labute approximate surface area is 105 Å². The Morgan fingerprint density at radius 2 is 2.12 bits per heavy atom. The van der Waals surface area contributed by atoms with Gasteiger partial charge in [0.15, 0.2) is 0 Å². The van der Waals surface area contributed by atoms with Gasteiger partial charge in [-0.05, 0) is 40.9 Å². The maximum atomic E-state index is 6.12. The van der Waals surface area contributed by atoms with E-state index in [9.17, 15) is 0 Å². The van der Waals surface area contributed by atoms with Gasteiger partial charge in [-0.2, -0.15) is 11.3 Å². The molecule has 1 atom stereocenters. The molecule has 1 aromatic carbocycles. The highest BCUT2D eigenvalue weighted by atomic mass is 32.2. The van der Waals surface area contributed by atoms with E-state index in [2.05, 4.69) is 48.0 Å². The van der Waals surface area contributed by atoms with Crippen molar-refractivity contribution in [2.75, 3.05) is 5.75 Å². The fourth-order valence-corrected chi connectivity index (χ4v) is 3.23. The summed E-state index contributed by atoms with van der Waals surface area (Å²) in [6, 6.07) is 10.7.